The molecule has 8 heteroatoms. The molecule has 170 valence electrons. The number of ketones is 1. The standard InChI is InChI=1S/C24H27BrN2O5/c1-5-32-19-13-15(7-9-18(19)28)21-20(22(29)16-6-8-17(25)14(2)12-16)23(30)24(31)27(21)11-10-26(3)4/h6-9,12-13,21,28-29H,5,10-11H2,1-4H3/b22-20-. The topological polar surface area (TPSA) is 90.3 Å². The third kappa shape index (κ3) is 4.66. The highest BCUT2D eigenvalue weighted by Crippen LogP contribution is 2.42. The van der Waals surface area contributed by atoms with Crippen molar-refractivity contribution in [1.82, 2.24) is 9.80 Å². The third-order valence-corrected chi connectivity index (χ3v) is 6.25. The van der Waals surface area contributed by atoms with E-state index in [0.29, 0.717) is 30.8 Å². The number of Topliss-reactive ketones (excluding diaryl/α,β-unsaturated/α-hetero) is 1. The van der Waals surface area contributed by atoms with Crippen molar-refractivity contribution in [3.63, 3.8) is 0 Å². The van der Waals surface area contributed by atoms with Crippen LogP contribution in [0.1, 0.15) is 29.7 Å². The van der Waals surface area contributed by atoms with Crippen LogP contribution in [-0.4, -0.2) is 65.5 Å². The molecule has 0 spiro atoms. The molecule has 32 heavy (non-hydrogen) atoms. The number of aliphatic hydroxyl groups excluding tert-OH is 1. The van der Waals surface area contributed by atoms with E-state index in [4.69, 9.17) is 4.74 Å². The quantitative estimate of drug-likeness (QED) is 0.339. The minimum absolute atomic E-state index is 0.0172. The van der Waals surface area contributed by atoms with Crippen molar-refractivity contribution in [2.45, 2.75) is 19.9 Å². The van der Waals surface area contributed by atoms with E-state index in [-0.39, 0.29) is 22.8 Å². The molecule has 2 aromatic carbocycles. The number of amides is 1. The number of likely N-dealkylation sites (N-methyl/N-ethyl adjacent to an activating group) is 1. The molecule has 7 nitrogen and oxygen atoms in total. The predicted octanol–water partition coefficient (Wildman–Crippen LogP) is 3.85. The summed E-state index contributed by atoms with van der Waals surface area (Å²) in [5.41, 5.74) is 1.92. The van der Waals surface area contributed by atoms with E-state index in [1.807, 2.05) is 25.9 Å². The SMILES string of the molecule is CCOc1cc(C2/C(=C(/O)c3ccc(Br)c(C)c3)C(=O)C(=O)N2CCN(C)C)ccc1O. The van der Waals surface area contributed by atoms with Gasteiger partial charge in [-0.15, -0.1) is 0 Å². The van der Waals surface area contributed by atoms with Crippen LogP contribution in [0.2, 0.25) is 0 Å². The zero-order valence-corrected chi connectivity index (χ0v) is 20.1. The maximum atomic E-state index is 13.1. The van der Waals surface area contributed by atoms with Gasteiger partial charge in [0.2, 0.25) is 0 Å². The van der Waals surface area contributed by atoms with Crippen LogP contribution in [0.15, 0.2) is 46.4 Å². The zero-order chi connectivity index (χ0) is 23.6. The lowest BCUT2D eigenvalue weighted by atomic mass is 9.94. The van der Waals surface area contributed by atoms with Gasteiger partial charge in [-0.1, -0.05) is 28.1 Å². The van der Waals surface area contributed by atoms with Gasteiger partial charge < -0.3 is 24.7 Å². The number of hydrogen-bond donors (Lipinski definition) is 2. The summed E-state index contributed by atoms with van der Waals surface area (Å²) < 4.78 is 6.38. The Morgan fingerprint density at radius 2 is 1.91 bits per heavy atom. The lowest BCUT2D eigenvalue weighted by Crippen LogP contribution is -2.35. The van der Waals surface area contributed by atoms with E-state index in [1.54, 1.807) is 37.3 Å². The van der Waals surface area contributed by atoms with Gasteiger partial charge >= 0.3 is 0 Å². The Kier molecular flexibility index (Phi) is 7.26. The first kappa shape index (κ1) is 23.8. The summed E-state index contributed by atoms with van der Waals surface area (Å²) in [4.78, 5) is 29.4. The Morgan fingerprint density at radius 1 is 1.19 bits per heavy atom. The smallest absolute Gasteiger partial charge is 0.295 e. The molecule has 1 aliphatic rings. The average Bonchev–Trinajstić information content (AvgIpc) is 3.00. The molecule has 1 amide bonds. The molecule has 1 fully saturated rings. The minimum atomic E-state index is -0.807. The average molecular weight is 503 g/mol. The molecule has 2 aromatic rings. The number of benzene rings is 2. The Hall–Kier alpha value is -2.84. The van der Waals surface area contributed by atoms with E-state index < -0.39 is 17.7 Å². The van der Waals surface area contributed by atoms with Gasteiger partial charge in [0.25, 0.3) is 11.7 Å². The second-order valence-electron chi connectivity index (χ2n) is 7.92. The van der Waals surface area contributed by atoms with Crippen molar-refractivity contribution in [3.05, 3.63) is 63.1 Å². The van der Waals surface area contributed by atoms with Gasteiger partial charge in [0.15, 0.2) is 11.5 Å². The molecule has 1 unspecified atom stereocenters. The molecule has 1 saturated heterocycles. The molecule has 3 rings (SSSR count). The summed E-state index contributed by atoms with van der Waals surface area (Å²) in [6.45, 7) is 4.85. The van der Waals surface area contributed by atoms with Crippen LogP contribution in [0.5, 0.6) is 11.5 Å². The summed E-state index contributed by atoms with van der Waals surface area (Å²) in [7, 11) is 3.76. The van der Waals surface area contributed by atoms with Gasteiger partial charge in [0, 0.05) is 23.1 Å². The fraction of sp³-hybridized carbons (Fsp3) is 0.333. The largest absolute Gasteiger partial charge is 0.507 e. The normalized spacial score (nSPS) is 17.9. The van der Waals surface area contributed by atoms with E-state index >= 15 is 0 Å². The highest BCUT2D eigenvalue weighted by molar-refractivity contribution is 9.10. The van der Waals surface area contributed by atoms with E-state index in [9.17, 15) is 19.8 Å². The van der Waals surface area contributed by atoms with Crippen molar-refractivity contribution in [2.75, 3.05) is 33.8 Å². The molecular weight excluding hydrogens is 476 g/mol. The number of carbonyl (C=O) groups excluding carboxylic acids is 2. The fourth-order valence-electron chi connectivity index (χ4n) is 3.68. The first-order valence-corrected chi connectivity index (χ1v) is 11.1. The summed E-state index contributed by atoms with van der Waals surface area (Å²) in [6, 6.07) is 9.14. The summed E-state index contributed by atoms with van der Waals surface area (Å²) in [5, 5.41) is 21.3. The number of carbonyl (C=O) groups is 2. The predicted molar refractivity (Wildman–Crippen MR) is 126 cm³/mol. The Labute approximate surface area is 196 Å². The van der Waals surface area contributed by atoms with Crippen molar-refractivity contribution in [1.29, 1.82) is 0 Å². The number of phenolic OH excluding ortho intramolecular Hbond substituents is 1. The number of hydrogen-bond acceptors (Lipinski definition) is 6. The van der Waals surface area contributed by atoms with Crippen molar-refractivity contribution in [2.24, 2.45) is 0 Å². The van der Waals surface area contributed by atoms with Crippen molar-refractivity contribution in [3.8, 4) is 11.5 Å². The van der Waals surface area contributed by atoms with Crippen LogP contribution in [0.3, 0.4) is 0 Å². The zero-order valence-electron chi connectivity index (χ0n) is 18.6. The maximum absolute atomic E-state index is 13.1. The summed E-state index contributed by atoms with van der Waals surface area (Å²) in [6.07, 6.45) is 0. The molecule has 1 heterocycles. The van der Waals surface area contributed by atoms with E-state index in [1.165, 1.54) is 11.0 Å². The Bertz CT molecular complexity index is 1080. The van der Waals surface area contributed by atoms with Gasteiger partial charge in [-0.25, -0.2) is 0 Å². The van der Waals surface area contributed by atoms with Gasteiger partial charge in [0.1, 0.15) is 5.76 Å². The molecule has 0 bridgehead atoms. The van der Waals surface area contributed by atoms with Crippen LogP contribution in [0.25, 0.3) is 5.76 Å². The molecule has 0 saturated carbocycles. The highest BCUT2D eigenvalue weighted by atomic mass is 79.9. The van der Waals surface area contributed by atoms with Crippen molar-refractivity contribution < 1.29 is 24.5 Å². The first-order valence-electron chi connectivity index (χ1n) is 10.3. The number of likely N-dealkylation sites (tertiary alicyclic amines) is 1. The van der Waals surface area contributed by atoms with E-state index in [2.05, 4.69) is 15.9 Å². The van der Waals surface area contributed by atoms with Crippen LogP contribution in [0, 0.1) is 6.92 Å². The van der Waals surface area contributed by atoms with Crippen LogP contribution in [-0.2, 0) is 9.59 Å². The maximum Gasteiger partial charge on any atom is 0.295 e. The molecule has 0 aliphatic carbocycles. The molecule has 2 N–H and O–H groups in total. The van der Waals surface area contributed by atoms with Gasteiger partial charge in [-0.3, -0.25) is 9.59 Å². The lowest BCUT2D eigenvalue weighted by molar-refractivity contribution is -0.140. The van der Waals surface area contributed by atoms with Crippen LogP contribution >= 0.6 is 15.9 Å². The van der Waals surface area contributed by atoms with Gasteiger partial charge in [-0.05, 0) is 63.3 Å². The monoisotopic (exact) mass is 502 g/mol. The number of phenols is 1. The van der Waals surface area contributed by atoms with Crippen LogP contribution in [0.4, 0.5) is 0 Å². The molecule has 1 aliphatic heterocycles. The first-order chi connectivity index (χ1) is 15.1. The second kappa shape index (κ2) is 9.75. The number of nitrogens with zero attached hydrogens (tertiary/aromatic N) is 2. The number of ether oxygens (including phenoxy) is 1. The fourth-order valence-corrected chi connectivity index (χ4v) is 3.93. The summed E-state index contributed by atoms with van der Waals surface area (Å²) in [5.74, 6) is -1.43. The molecular formula is C24H27BrN2O5. The van der Waals surface area contributed by atoms with Crippen LogP contribution < -0.4 is 4.74 Å². The number of aryl methyl sites for hydroxylation is 1. The lowest BCUT2D eigenvalue weighted by Gasteiger charge is -2.27. The molecule has 0 radical (unpaired) electrons. The van der Waals surface area contributed by atoms with E-state index in [0.717, 1.165) is 10.0 Å². The number of aromatic hydroxyl groups is 1. The minimum Gasteiger partial charge on any atom is -0.507 e. The second-order valence-corrected chi connectivity index (χ2v) is 8.77. The Morgan fingerprint density at radius 3 is 2.53 bits per heavy atom. The summed E-state index contributed by atoms with van der Waals surface area (Å²) >= 11 is 3.44. The number of halogens is 1. The molecule has 0 aromatic heterocycles. The van der Waals surface area contributed by atoms with Crippen molar-refractivity contribution >= 4 is 33.4 Å². The van der Waals surface area contributed by atoms with Gasteiger partial charge in [-0.2, -0.15) is 0 Å². The van der Waals surface area contributed by atoms with Gasteiger partial charge in [0.05, 0.1) is 18.2 Å². The number of rotatable bonds is 7. The molecule has 1 atom stereocenters. The number of aliphatic hydroxyl groups is 1. The Balaban J connectivity index is 2.19. The third-order valence-electron chi connectivity index (χ3n) is 5.36. The highest BCUT2D eigenvalue weighted by Gasteiger charge is 2.46.